The predicted octanol–water partition coefficient (Wildman–Crippen LogP) is 5.82. The minimum atomic E-state index is -0.0869. The Bertz CT molecular complexity index is 657. The van der Waals surface area contributed by atoms with Crippen molar-refractivity contribution in [2.75, 3.05) is 5.32 Å². The first-order valence-corrected chi connectivity index (χ1v) is 8.75. The molecule has 2 aromatic carbocycles. The van der Waals surface area contributed by atoms with Crippen LogP contribution in [0.15, 0.2) is 46.9 Å². The van der Waals surface area contributed by atoms with E-state index in [-0.39, 0.29) is 5.91 Å². The predicted molar refractivity (Wildman–Crippen MR) is 100.0 cm³/mol. The summed E-state index contributed by atoms with van der Waals surface area (Å²) in [7, 11) is 0. The molecule has 1 N–H and O–H groups in total. The van der Waals surface area contributed by atoms with Gasteiger partial charge in [-0.2, -0.15) is 0 Å². The number of hydrogen-bond donors (Lipinski definition) is 1. The van der Waals surface area contributed by atoms with Crippen LogP contribution in [0.5, 0.6) is 0 Å². The molecule has 2 aromatic rings. The third-order valence-corrected chi connectivity index (χ3v) is 4.89. The van der Waals surface area contributed by atoms with E-state index in [4.69, 9.17) is 0 Å². The molecular formula is C17H17BrINO. The van der Waals surface area contributed by atoms with Crippen LogP contribution in [0.1, 0.15) is 42.1 Å². The molecule has 2 rings (SSSR count). The van der Waals surface area contributed by atoms with E-state index in [1.54, 1.807) is 0 Å². The number of anilines is 1. The summed E-state index contributed by atoms with van der Waals surface area (Å²) in [4.78, 5) is 12.5. The number of nitrogens with one attached hydrogen (secondary N) is 1. The normalized spacial score (nSPS) is 12.0. The van der Waals surface area contributed by atoms with Gasteiger partial charge in [0.15, 0.2) is 0 Å². The van der Waals surface area contributed by atoms with Gasteiger partial charge in [0.1, 0.15) is 0 Å². The van der Waals surface area contributed by atoms with Crippen LogP contribution in [0.4, 0.5) is 5.69 Å². The molecule has 1 unspecified atom stereocenters. The highest BCUT2D eigenvalue weighted by Gasteiger charge is 2.14. The quantitative estimate of drug-likeness (QED) is 0.576. The number of rotatable bonds is 4. The van der Waals surface area contributed by atoms with Crippen LogP contribution in [-0.2, 0) is 0 Å². The van der Waals surface area contributed by atoms with Crippen molar-refractivity contribution in [2.24, 2.45) is 0 Å². The monoisotopic (exact) mass is 457 g/mol. The first-order valence-electron chi connectivity index (χ1n) is 6.88. The number of carbonyl (C=O) groups excluding carboxylic acids is 1. The van der Waals surface area contributed by atoms with Crippen LogP contribution in [0.2, 0.25) is 0 Å². The maximum absolute atomic E-state index is 12.5. The van der Waals surface area contributed by atoms with Gasteiger partial charge in [0.2, 0.25) is 0 Å². The molecule has 1 amide bonds. The van der Waals surface area contributed by atoms with E-state index in [9.17, 15) is 4.79 Å². The summed E-state index contributed by atoms with van der Waals surface area (Å²) in [6.07, 6.45) is 1.04. The third-order valence-electron chi connectivity index (χ3n) is 3.53. The molecule has 0 saturated carbocycles. The Morgan fingerprint density at radius 1 is 1.29 bits per heavy atom. The zero-order valence-electron chi connectivity index (χ0n) is 12.0. The molecule has 0 radical (unpaired) electrons. The highest BCUT2D eigenvalue weighted by molar-refractivity contribution is 14.1. The Balaban J connectivity index is 2.30. The van der Waals surface area contributed by atoms with Gasteiger partial charge < -0.3 is 5.32 Å². The first kappa shape index (κ1) is 16.5. The number of carbonyl (C=O) groups is 1. The first-order chi connectivity index (χ1) is 10.0. The maximum atomic E-state index is 12.5. The number of hydrogen-bond acceptors (Lipinski definition) is 1. The van der Waals surface area contributed by atoms with Crippen LogP contribution in [0.25, 0.3) is 0 Å². The van der Waals surface area contributed by atoms with E-state index in [1.165, 1.54) is 5.56 Å². The smallest absolute Gasteiger partial charge is 0.256 e. The second kappa shape index (κ2) is 7.40. The van der Waals surface area contributed by atoms with E-state index in [0.29, 0.717) is 11.5 Å². The van der Waals surface area contributed by atoms with Crippen molar-refractivity contribution < 1.29 is 4.79 Å². The topological polar surface area (TPSA) is 29.1 Å². The van der Waals surface area contributed by atoms with Gasteiger partial charge in [-0.05, 0) is 80.7 Å². The van der Waals surface area contributed by atoms with Crippen molar-refractivity contribution in [3.63, 3.8) is 0 Å². The Labute approximate surface area is 147 Å². The van der Waals surface area contributed by atoms with E-state index in [0.717, 1.165) is 20.2 Å². The molecule has 0 saturated heterocycles. The molecule has 0 fully saturated rings. The zero-order valence-corrected chi connectivity index (χ0v) is 15.7. The van der Waals surface area contributed by atoms with Gasteiger partial charge in [0.25, 0.3) is 5.91 Å². The minimum Gasteiger partial charge on any atom is -0.322 e. The summed E-state index contributed by atoms with van der Waals surface area (Å²) in [6.45, 7) is 4.33. The summed E-state index contributed by atoms with van der Waals surface area (Å²) in [5.74, 6) is 0.331. The van der Waals surface area contributed by atoms with E-state index in [1.807, 2.05) is 36.4 Å². The molecule has 21 heavy (non-hydrogen) atoms. The fraction of sp³-hybridized carbons (Fsp3) is 0.235. The molecule has 4 heteroatoms. The van der Waals surface area contributed by atoms with Crippen LogP contribution < -0.4 is 5.32 Å². The lowest BCUT2D eigenvalue weighted by Gasteiger charge is -2.16. The molecular weight excluding hydrogens is 441 g/mol. The van der Waals surface area contributed by atoms with Crippen LogP contribution in [-0.4, -0.2) is 5.91 Å². The summed E-state index contributed by atoms with van der Waals surface area (Å²) in [5, 5.41) is 3.04. The van der Waals surface area contributed by atoms with Gasteiger partial charge in [-0.25, -0.2) is 0 Å². The van der Waals surface area contributed by atoms with Crippen molar-refractivity contribution in [3.05, 3.63) is 61.6 Å². The fourth-order valence-corrected chi connectivity index (χ4v) is 3.04. The minimum absolute atomic E-state index is 0.0869. The number of halogens is 2. The lowest BCUT2D eigenvalue weighted by molar-refractivity contribution is 0.102. The van der Waals surface area contributed by atoms with Crippen LogP contribution >= 0.6 is 38.5 Å². The summed E-state index contributed by atoms with van der Waals surface area (Å²) >= 11 is 5.65. The van der Waals surface area contributed by atoms with E-state index >= 15 is 0 Å². The van der Waals surface area contributed by atoms with Gasteiger partial charge in [0, 0.05) is 13.7 Å². The summed E-state index contributed by atoms with van der Waals surface area (Å²) in [5.41, 5.74) is 2.72. The molecule has 0 aliphatic carbocycles. The van der Waals surface area contributed by atoms with Gasteiger partial charge in [-0.15, -0.1) is 0 Å². The Kier molecular flexibility index (Phi) is 5.81. The second-order valence-corrected chi connectivity index (χ2v) is 7.07. The average molecular weight is 458 g/mol. The fourth-order valence-electron chi connectivity index (χ4n) is 2.12. The summed E-state index contributed by atoms with van der Waals surface area (Å²) < 4.78 is 1.84. The summed E-state index contributed by atoms with van der Waals surface area (Å²) in [6, 6.07) is 13.7. The van der Waals surface area contributed by atoms with Crippen LogP contribution in [0, 0.1) is 3.57 Å². The van der Waals surface area contributed by atoms with Crippen molar-refractivity contribution in [3.8, 4) is 0 Å². The van der Waals surface area contributed by atoms with Gasteiger partial charge in [0.05, 0.1) is 5.56 Å². The Morgan fingerprint density at radius 2 is 2.00 bits per heavy atom. The highest BCUT2D eigenvalue weighted by atomic mass is 127. The average Bonchev–Trinajstić information content (AvgIpc) is 2.49. The molecule has 0 bridgehead atoms. The molecule has 0 aliphatic heterocycles. The lowest BCUT2D eigenvalue weighted by Crippen LogP contribution is -2.14. The van der Waals surface area contributed by atoms with Crippen molar-refractivity contribution >= 4 is 50.1 Å². The molecule has 1 atom stereocenters. The van der Waals surface area contributed by atoms with Gasteiger partial charge in [-0.1, -0.05) is 32.0 Å². The number of para-hydroxylation sites is 1. The molecule has 0 heterocycles. The highest BCUT2D eigenvalue weighted by Crippen LogP contribution is 2.28. The Morgan fingerprint density at radius 3 is 2.71 bits per heavy atom. The van der Waals surface area contributed by atoms with Crippen molar-refractivity contribution in [1.82, 2.24) is 0 Å². The number of benzene rings is 2. The molecule has 2 nitrogen and oxygen atoms in total. The third kappa shape index (κ3) is 4.07. The van der Waals surface area contributed by atoms with Crippen LogP contribution in [0.3, 0.4) is 0 Å². The zero-order chi connectivity index (χ0) is 15.4. The Hall–Kier alpha value is -0.880. The largest absolute Gasteiger partial charge is 0.322 e. The maximum Gasteiger partial charge on any atom is 0.256 e. The lowest BCUT2D eigenvalue weighted by atomic mass is 9.97. The SMILES string of the molecule is CCC(C)c1ccccc1NC(=O)c1cc(I)ccc1Br. The van der Waals surface area contributed by atoms with E-state index < -0.39 is 0 Å². The van der Waals surface area contributed by atoms with Crippen molar-refractivity contribution in [1.29, 1.82) is 0 Å². The van der Waals surface area contributed by atoms with E-state index in [2.05, 4.69) is 63.8 Å². The van der Waals surface area contributed by atoms with Gasteiger partial charge in [-0.3, -0.25) is 4.79 Å². The van der Waals surface area contributed by atoms with Gasteiger partial charge >= 0.3 is 0 Å². The molecule has 110 valence electrons. The molecule has 0 spiro atoms. The standard InChI is InChI=1S/C17H17BrINO/c1-3-11(2)13-6-4-5-7-16(13)20-17(21)14-10-12(19)8-9-15(14)18/h4-11H,3H2,1-2H3,(H,20,21). The number of amides is 1. The molecule has 0 aliphatic rings. The second-order valence-electron chi connectivity index (χ2n) is 4.97. The molecule has 0 aromatic heterocycles. The van der Waals surface area contributed by atoms with Crippen molar-refractivity contribution in [2.45, 2.75) is 26.2 Å².